The van der Waals surface area contributed by atoms with Crippen molar-refractivity contribution in [2.75, 3.05) is 24.6 Å². The number of sulfone groups is 1. The summed E-state index contributed by atoms with van der Waals surface area (Å²) < 4.78 is 24.6. The van der Waals surface area contributed by atoms with Gasteiger partial charge < -0.3 is 4.90 Å². The number of fused-ring (bicyclic) bond motifs is 1. The second-order valence-electron chi connectivity index (χ2n) is 6.91. The largest absolute Gasteiger partial charge is 0.332 e. The first-order valence-corrected chi connectivity index (χ1v) is 10.5. The van der Waals surface area contributed by atoms with Gasteiger partial charge in [0.15, 0.2) is 9.84 Å². The van der Waals surface area contributed by atoms with Gasteiger partial charge in [0.2, 0.25) is 0 Å². The number of rotatable bonds is 3. The smallest absolute Gasteiger partial charge is 0.254 e. The second-order valence-corrected chi connectivity index (χ2v) is 9.06. The van der Waals surface area contributed by atoms with Crippen LogP contribution in [-0.4, -0.2) is 65.8 Å². The monoisotopic (exact) mass is 371 g/mol. The molecule has 2 aromatic rings. The summed E-state index contributed by atoms with van der Waals surface area (Å²) in [7, 11) is -3.15. The number of benzene rings is 1. The summed E-state index contributed by atoms with van der Waals surface area (Å²) in [6.07, 6.45) is 3.53. The minimum Gasteiger partial charge on any atom is -0.332 e. The van der Waals surface area contributed by atoms with Crippen molar-refractivity contribution in [2.45, 2.75) is 18.6 Å². The van der Waals surface area contributed by atoms with E-state index in [0.29, 0.717) is 25.2 Å². The zero-order chi connectivity index (χ0) is 18.1. The Balaban J connectivity index is 1.59. The first-order valence-electron chi connectivity index (χ1n) is 8.73. The topological polar surface area (TPSA) is 70.6 Å². The summed E-state index contributed by atoms with van der Waals surface area (Å²) in [5.74, 6) is 0.0646. The van der Waals surface area contributed by atoms with E-state index < -0.39 is 9.84 Å². The van der Waals surface area contributed by atoms with Gasteiger partial charge in [-0.25, -0.2) is 8.42 Å². The van der Waals surface area contributed by atoms with E-state index in [-0.39, 0.29) is 29.5 Å². The SMILES string of the molecule is O=C(c1ccccc1)N1CCN(Cc2cccnc2)[C@@H]2CS(=O)(=O)C[C@@H]21. The maximum Gasteiger partial charge on any atom is 0.254 e. The van der Waals surface area contributed by atoms with Crippen LogP contribution in [0.4, 0.5) is 0 Å². The van der Waals surface area contributed by atoms with Crippen molar-refractivity contribution >= 4 is 15.7 Å². The first kappa shape index (κ1) is 17.2. The number of piperazine rings is 1. The lowest BCUT2D eigenvalue weighted by molar-refractivity contribution is 0.0306. The molecular formula is C19H21N3O3S. The van der Waals surface area contributed by atoms with Crippen molar-refractivity contribution < 1.29 is 13.2 Å². The Labute approximate surface area is 153 Å². The number of nitrogens with zero attached hydrogens (tertiary/aromatic N) is 3. The summed E-state index contributed by atoms with van der Waals surface area (Å²) in [5, 5.41) is 0. The standard InChI is InChI=1S/C19H21N3O3S/c23-19(16-6-2-1-3-7-16)22-10-9-21(12-15-5-4-8-20-11-15)17-13-26(24,25)14-18(17)22/h1-8,11,17-18H,9-10,12-14H2/t17-,18+/m1/s1. The molecular weight excluding hydrogens is 350 g/mol. The van der Waals surface area contributed by atoms with Crippen LogP contribution >= 0.6 is 0 Å². The number of carbonyl (C=O) groups is 1. The first-order chi connectivity index (χ1) is 12.5. The molecule has 26 heavy (non-hydrogen) atoms. The molecule has 2 fully saturated rings. The molecule has 1 aromatic heterocycles. The summed E-state index contributed by atoms with van der Waals surface area (Å²) in [6, 6.07) is 12.5. The van der Waals surface area contributed by atoms with Gasteiger partial charge in [-0.2, -0.15) is 0 Å². The Morgan fingerprint density at radius 3 is 2.54 bits per heavy atom. The molecule has 6 nitrogen and oxygen atoms in total. The molecule has 3 heterocycles. The zero-order valence-corrected chi connectivity index (χ0v) is 15.2. The number of pyridine rings is 1. The highest BCUT2D eigenvalue weighted by Gasteiger charge is 2.48. The lowest BCUT2D eigenvalue weighted by Crippen LogP contribution is -2.60. The summed E-state index contributed by atoms with van der Waals surface area (Å²) in [4.78, 5) is 21.0. The molecule has 0 saturated carbocycles. The molecule has 0 N–H and O–H groups in total. The van der Waals surface area contributed by atoms with E-state index in [1.54, 1.807) is 29.4 Å². The van der Waals surface area contributed by atoms with Crippen LogP contribution in [0.1, 0.15) is 15.9 Å². The quantitative estimate of drug-likeness (QED) is 0.811. The van der Waals surface area contributed by atoms with Gasteiger partial charge in [-0.1, -0.05) is 24.3 Å². The molecule has 0 bridgehead atoms. The molecule has 4 rings (SSSR count). The van der Waals surface area contributed by atoms with Gasteiger partial charge in [0.05, 0.1) is 17.5 Å². The Morgan fingerprint density at radius 1 is 1.04 bits per heavy atom. The van der Waals surface area contributed by atoms with Gasteiger partial charge in [-0.3, -0.25) is 14.7 Å². The van der Waals surface area contributed by atoms with Crippen LogP contribution in [0, 0.1) is 0 Å². The van der Waals surface area contributed by atoms with E-state index in [9.17, 15) is 13.2 Å². The predicted octanol–water partition coefficient (Wildman–Crippen LogP) is 1.21. The van der Waals surface area contributed by atoms with Crippen molar-refractivity contribution in [3.05, 3.63) is 66.0 Å². The number of carbonyl (C=O) groups excluding carboxylic acids is 1. The number of hydrogen-bond acceptors (Lipinski definition) is 5. The number of hydrogen-bond donors (Lipinski definition) is 0. The molecule has 136 valence electrons. The van der Waals surface area contributed by atoms with Gasteiger partial charge in [0, 0.05) is 43.6 Å². The van der Waals surface area contributed by atoms with Gasteiger partial charge in [-0.05, 0) is 23.8 Å². The maximum absolute atomic E-state index is 12.9. The number of aromatic nitrogens is 1. The van der Waals surface area contributed by atoms with E-state index in [1.165, 1.54) is 0 Å². The molecule has 2 atom stereocenters. The third-order valence-corrected chi connectivity index (χ3v) is 6.88. The highest BCUT2D eigenvalue weighted by Crippen LogP contribution is 2.29. The Hall–Kier alpha value is -2.25. The molecule has 0 radical (unpaired) electrons. The van der Waals surface area contributed by atoms with Crippen LogP contribution in [0.3, 0.4) is 0 Å². The third-order valence-electron chi connectivity index (χ3n) is 5.18. The highest BCUT2D eigenvalue weighted by molar-refractivity contribution is 7.91. The van der Waals surface area contributed by atoms with Gasteiger partial charge in [0.1, 0.15) is 0 Å². The van der Waals surface area contributed by atoms with Crippen LogP contribution < -0.4 is 0 Å². The van der Waals surface area contributed by atoms with Crippen molar-refractivity contribution in [1.29, 1.82) is 0 Å². The van der Waals surface area contributed by atoms with E-state index >= 15 is 0 Å². The molecule has 2 aliphatic rings. The summed E-state index contributed by atoms with van der Waals surface area (Å²) in [6.45, 7) is 1.84. The molecule has 1 aromatic carbocycles. The second kappa shape index (κ2) is 6.81. The average Bonchev–Trinajstić information content (AvgIpc) is 2.98. The fourth-order valence-corrected chi connectivity index (χ4v) is 5.96. The number of amides is 1. The minimum absolute atomic E-state index is 0.0414. The van der Waals surface area contributed by atoms with E-state index in [4.69, 9.17) is 0 Å². The fourth-order valence-electron chi connectivity index (χ4n) is 3.95. The van der Waals surface area contributed by atoms with Crippen LogP contribution in [0.15, 0.2) is 54.9 Å². The molecule has 0 spiro atoms. The van der Waals surface area contributed by atoms with Gasteiger partial charge >= 0.3 is 0 Å². The normalized spacial score (nSPS) is 25.0. The van der Waals surface area contributed by atoms with Crippen LogP contribution in [-0.2, 0) is 16.4 Å². The molecule has 2 aliphatic heterocycles. The van der Waals surface area contributed by atoms with E-state index in [2.05, 4.69) is 9.88 Å². The Bertz CT molecular complexity index is 887. The lowest BCUT2D eigenvalue weighted by atomic mass is 10.0. The van der Waals surface area contributed by atoms with Crippen LogP contribution in [0.2, 0.25) is 0 Å². The van der Waals surface area contributed by atoms with Gasteiger partial charge in [0.25, 0.3) is 5.91 Å². The van der Waals surface area contributed by atoms with Crippen molar-refractivity contribution in [1.82, 2.24) is 14.8 Å². The average molecular weight is 371 g/mol. The highest BCUT2D eigenvalue weighted by atomic mass is 32.2. The van der Waals surface area contributed by atoms with Crippen molar-refractivity contribution in [3.63, 3.8) is 0 Å². The summed E-state index contributed by atoms with van der Waals surface area (Å²) >= 11 is 0. The Kier molecular flexibility index (Phi) is 4.50. The van der Waals surface area contributed by atoms with Crippen LogP contribution in [0.25, 0.3) is 0 Å². The fraction of sp³-hybridized carbons (Fsp3) is 0.368. The van der Waals surface area contributed by atoms with Crippen LogP contribution in [0.5, 0.6) is 0 Å². The predicted molar refractivity (Wildman–Crippen MR) is 98.4 cm³/mol. The molecule has 2 saturated heterocycles. The van der Waals surface area contributed by atoms with Crippen molar-refractivity contribution in [3.8, 4) is 0 Å². The summed E-state index contributed by atoms with van der Waals surface area (Å²) in [5.41, 5.74) is 1.66. The van der Waals surface area contributed by atoms with Gasteiger partial charge in [-0.15, -0.1) is 0 Å². The Morgan fingerprint density at radius 2 is 1.81 bits per heavy atom. The van der Waals surface area contributed by atoms with E-state index in [0.717, 1.165) is 5.56 Å². The molecule has 1 amide bonds. The zero-order valence-electron chi connectivity index (χ0n) is 14.4. The minimum atomic E-state index is -3.15. The molecule has 0 unspecified atom stereocenters. The van der Waals surface area contributed by atoms with Crippen molar-refractivity contribution in [2.24, 2.45) is 0 Å². The lowest BCUT2D eigenvalue weighted by Gasteiger charge is -2.44. The molecule has 7 heteroatoms. The maximum atomic E-state index is 12.9. The van der Waals surface area contributed by atoms with E-state index in [1.807, 2.05) is 30.3 Å². The molecule has 0 aliphatic carbocycles. The third kappa shape index (κ3) is 3.37.